The fourth-order valence-electron chi connectivity index (χ4n) is 2.41. The van der Waals surface area contributed by atoms with Crippen molar-refractivity contribution in [1.29, 1.82) is 0 Å². The van der Waals surface area contributed by atoms with Gasteiger partial charge in [0, 0.05) is 19.1 Å². The third-order valence-corrected chi connectivity index (χ3v) is 5.22. The summed E-state index contributed by atoms with van der Waals surface area (Å²) in [4.78, 5) is 25.4. The van der Waals surface area contributed by atoms with Crippen LogP contribution >= 0.6 is 23.2 Å². The summed E-state index contributed by atoms with van der Waals surface area (Å²) in [5.74, 6) is -0.0999. The molecule has 5 nitrogen and oxygen atoms in total. The molecule has 1 aliphatic heterocycles. The molecule has 1 unspecified atom stereocenters. The number of carbonyl (C=O) groups excluding carboxylic acids is 2. The van der Waals surface area contributed by atoms with Crippen LogP contribution in [-0.2, 0) is 9.53 Å². The van der Waals surface area contributed by atoms with Crippen molar-refractivity contribution in [3.05, 3.63) is 0 Å². The fourth-order valence-corrected chi connectivity index (χ4v) is 3.12. The van der Waals surface area contributed by atoms with Crippen LogP contribution in [0.2, 0.25) is 0 Å². The van der Waals surface area contributed by atoms with Gasteiger partial charge in [-0.05, 0) is 33.1 Å². The van der Waals surface area contributed by atoms with Gasteiger partial charge in [-0.15, -0.1) is 23.2 Å². The number of hydrogen-bond acceptors (Lipinski definition) is 3. The molecule has 7 heteroatoms. The molecule has 1 N–H and O–H groups in total. The van der Waals surface area contributed by atoms with Crippen LogP contribution in [0.25, 0.3) is 0 Å². The molecule has 0 bridgehead atoms. The number of ether oxygens (including phenoxy) is 1. The van der Waals surface area contributed by atoms with Crippen LogP contribution in [0.5, 0.6) is 0 Å². The maximum atomic E-state index is 12.1. The quantitative estimate of drug-likeness (QED) is 0.811. The summed E-state index contributed by atoms with van der Waals surface area (Å²) in [6.07, 6.45) is 1.64. The second kappa shape index (κ2) is 5.60. The lowest BCUT2D eigenvalue weighted by atomic mass is 10.0. The molecule has 1 aliphatic carbocycles. The molecule has 2 rings (SSSR count). The van der Waals surface area contributed by atoms with Crippen molar-refractivity contribution in [3.63, 3.8) is 0 Å². The molecule has 1 saturated heterocycles. The van der Waals surface area contributed by atoms with E-state index in [0.717, 1.165) is 12.8 Å². The van der Waals surface area contributed by atoms with Gasteiger partial charge in [0.1, 0.15) is 4.33 Å². The van der Waals surface area contributed by atoms with E-state index in [1.165, 1.54) is 0 Å². The zero-order chi connectivity index (χ0) is 15.0. The molecule has 0 aromatic carbocycles. The van der Waals surface area contributed by atoms with Gasteiger partial charge in [0.2, 0.25) is 5.91 Å². The largest absolute Gasteiger partial charge is 0.450 e. The highest BCUT2D eigenvalue weighted by atomic mass is 35.5. The number of amides is 2. The lowest BCUT2D eigenvalue weighted by molar-refractivity contribution is -0.126. The Hall–Kier alpha value is -0.680. The summed E-state index contributed by atoms with van der Waals surface area (Å²) in [7, 11) is 0. The van der Waals surface area contributed by atoms with Gasteiger partial charge in [-0.1, -0.05) is 0 Å². The van der Waals surface area contributed by atoms with Crippen LogP contribution in [-0.4, -0.2) is 47.0 Å². The second-order valence-electron chi connectivity index (χ2n) is 5.65. The van der Waals surface area contributed by atoms with Gasteiger partial charge < -0.3 is 15.0 Å². The minimum atomic E-state index is -0.942. The van der Waals surface area contributed by atoms with Crippen LogP contribution in [0.3, 0.4) is 0 Å². The Bertz CT molecular complexity index is 408. The molecule has 0 aromatic heterocycles. The van der Waals surface area contributed by atoms with E-state index in [1.54, 1.807) is 18.7 Å². The molecule has 1 saturated carbocycles. The third kappa shape index (κ3) is 2.98. The zero-order valence-corrected chi connectivity index (χ0v) is 13.3. The first-order valence-corrected chi connectivity index (χ1v) is 7.66. The minimum Gasteiger partial charge on any atom is -0.450 e. The standard InChI is InChI=1S/C13H20Cl2N2O3/c1-3-20-11(19)17-6-4-9(5-7-17)16-10(18)12(2)8-13(12,14)15/h9H,3-8H2,1-2H3,(H,16,18). The van der Waals surface area contributed by atoms with E-state index in [-0.39, 0.29) is 18.0 Å². The van der Waals surface area contributed by atoms with E-state index in [4.69, 9.17) is 27.9 Å². The molecule has 0 aromatic rings. The SMILES string of the molecule is CCOC(=O)N1CCC(NC(=O)C2(C)CC2(Cl)Cl)CC1. The maximum absolute atomic E-state index is 12.1. The summed E-state index contributed by atoms with van der Waals surface area (Å²) in [6, 6.07) is 0.0646. The number of hydrogen-bond donors (Lipinski definition) is 1. The monoisotopic (exact) mass is 322 g/mol. The highest BCUT2D eigenvalue weighted by molar-refractivity contribution is 6.53. The van der Waals surface area contributed by atoms with Gasteiger partial charge in [-0.3, -0.25) is 4.79 Å². The Morgan fingerprint density at radius 2 is 1.90 bits per heavy atom. The molecule has 20 heavy (non-hydrogen) atoms. The van der Waals surface area contributed by atoms with Gasteiger partial charge in [-0.2, -0.15) is 0 Å². The van der Waals surface area contributed by atoms with Crippen molar-refractivity contribution >= 4 is 35.2 Å². The molecule has 2 fully saturated rings. The molecule has 2 aliphatic rings. The van der Waals surface area contributed by atoms with Crippen molar-refractivity contribution in [1.82, 2.24) is 10.2 Å². The van der Waals surface area contributed by atoms with E-state index in [0.29, 0.717) is 26.1 Å². The van der Waals surface area contributed by atoms with E-state index in [2.05, 4.69) is 5.32 Å². The first-order valence-electron chi connectivity index (χ1n) is 6.90. The molecular formula is C13H20Cl2N2O3. The van der Waals surface area contributed by atoms with Crippen molar-refractivity contribution < 1.29 is 14.3 Å². The Balaban J connectivity index is 1.78. The summed E-state index contributed by atoms with van der Waals surface area (Å²) in [5.41, 5.74) is -0.686. The Labute approximate surface area is 128 Å². The number of halogens is 2. The highest BCUT2D eigenvalue weighted by Crippen LogP contribution is 2.63. The Morgan fingerprint density at radius 3 is 2.35 bits per heavy atom. The fraction of sp³-hybridized carbons (Fsp3) is 0.846. The van der Waals surface area contributed by atoms with Crippen LogP contribution in [0.15, 0.2) is 0 Å². The molecule has 1 atom stereocenters. The summed E-state index contributed by atoms with van der Waals surface area (Å²) in [5, 5.41) is 2.98. The van der Waals surface area contributed by atoms with Gasteiger partial charge in [0.25, 0.3) is 0 Å². The Morgan fingerprint density at radius 1 is 1.35 bits per heavy atom. The van der Waals surface area contributed by atoms with Crippen molar-refractivity contribution in [2.24, 2.45) is 5.41 Å². The van der Waals surface area contributed by atoms with Crippen molar-refractivity contribution in [2.75, 3.05) is 19.7 Å². The average Bonchev–Trinajstić information content (AvgIpc) is 2.91. The molecule has 0 spiro atoms. The number of carbonyl (C=O) groups is 2. The number of alkyl halides is 2. The Kier molecular flexibility index (Phi) is 4.40. The lowest BCUT2D eigenvalue weighted by Crippen LogP contribution is -2.48. The van der Waals surface area contributed by atoms with Crippen LogP contribution in [0.4, 0.5) is 4.79 Å². The molecule has 0 radical (unpaired) electrons. The van der Waals surface area contributed by atoms with Crippen LogP contribution < -0.4 is 5.32 Å². The molecule has 1 heterocycles. The van der Waals surface area contributed by atoms with Gasteiger partial charge in [0.15, 0.2) is 0 Å². The lowest BCUT2D eigenvalue weighted by Gasteiger charge is -2.32. The minimum absolute atomic E-state index is 0.0646. The van der Waals surface area contributed by atoms with Crippen molar-refractivity contribution in [2.45, 2.75) is 43.5 Å². The van der Waals surface area contributed by atoms with Crippen LogP contribution in [0, 0.1) is 5.41 Å². The maximum Gasteiger partial charge on any atom is 0.409 e. The third-order valence-electron chi connectivity index (χ3n) is 4.12. The zero-order valence-electron chi connectivity index (χ0n) is 11.7. The number of likely N-dealkylation sites (tertiary alicyclic amines) is 1. The normalized spacial score (nSPS) is 28.9. The number of nitrogens with one attached hydrogen (secondary N) is 1. The number of rotatable bonds is 3. The predicted molar refractivity (Wildman–Crippen MR) is 76.9 cm³/mol. The smallest absolute Gasteiger partial charge is 0.409 e. The first-order chi connectivity index (χ1) is 9.30. The van der Waals surface area contributed by atoms with Gasteiger partial charge in [-0.25, -0.2) is 4.79 Å². The molecule has 114 valence electrons. The van der Waals surface area contributed by atoms with Gasteiger partial charge >= 0.3 is 6.09 Å². The van der Waals surface area contributed by atoms with Crippen LogP contribution in [0.1, 0.15) is 33.1 Å². The first kappa shape index (κ1) is 15.7. The van der Waals surface area contributed by atoms with Gasteiger partial charge in [0.05, 0.1) is 12.0 Å². The molecular weight excluding hydrogens is 303 g/mol. The van der Waals surface area contributed by atoms with E-state index in [1.807, 2.05) is 0 Å². The van der Waals surface area contributed by atoms with Crippen molar-refractivity contribution in [3.8, 4) is 0 Å². The summed E-state index contributed by atoms with van der Waals surface area (Å²) >= 11 is 12.0. The van der Waals surface area contributed by atoms with E-state index < -0.39 is 9.75 Å². The summed E-state index contributed by atoms with van der Waals surface area (Å²) in [6.45, 7) is 5.12. The predicted octanol–water partition coefficient (Wildman–Crippen LogP) is 2.31. The average molecular weight is 323 g/mol. The number of nitrogens with zero attached hydrogens (tertiary/aromatic N) is 1. The second-order valence-corrected chi connectivity index (χ2v) is 7.13. The molecule has 2 amide bonds. The topological polar surface area (TPSA) is 58.6 Å². The highest BCUT2D eigenvalue weighted by Gasteiger charge is 2.68. The number of piperidine rings is 1. The van der Waals surface area contributed by atoms with E-state index in [9.17, 15) is 9.59 Å². The summed E-state index contributed by atoms with van der Waals surface area (Å²) < 4.78 is 4.01. The van der Waals surface area contributed by atoms with E-state index >= 15 is 0 Å².